The van der Waals surface area contributed by atoms with Crippen LogP contribution in [0.3, 0.4) is 0 Å². The minimum atomic E-state index is -0.399. The van der Waals surface area contributed by atoms with E-state index in [9.17, 15) is 9.59 Å². The predicted molar refractivity (Wildman–Crippen MR) is 153 cm³/mol. The highest BCUT2D eigenvalue weighted by Crippen LogP contribution is 2.36. The van der Waals surface area contributed by atoms with Crippen molar-refractivity contribution in [1.82, 2.24) is 9.80 Å². The molecule has 0 radical (unpaired) electrons. The van der Waals surface area contributed by atoms with Crippen molar-refractivity contribution in [3.8, 4) is 0 Å². The summed E-state index contributed by atoms with van der Waals surface area (Å²) in [5.41, 5.74) is 4.03. The van der Waals surface area contributed by atoms with Gasteiger partial charge in [-0.1, -0.05) is 49.4 Å². The van der Waals surface area contributed by atoms with Crippen LogP contribution < -0.4 is 4.90 Å². The molecule has 0 spiro atoms. The number of nitrogens with zero attached hydrogens (tertiary/aromatic N) is 3. The summed E-state index contributed by atoms with van der Waals surface area (Å²) in [7, 11) is 3.20. The molecule has 1 saturated heterocycles. The first-order valence-corrected chi connectivity index (χ1v) is 13.7. The SMILES string of the molecule is CC[C@H](C1=CCC=C(OC)C(OC)=C1)N1C(=O)c2cccc(N3CCN([C@H](C)c4ccccc4)CC3)c2C1=O. The molecule has 2 amide bonds. The minimum Gasteiger partial charge on any atom is -0.493 e. The third-order valence-electron chi connectivity index (χ3n) is 8.13. The molecule has 2 aliphatic heterocycles. The molecule has 0 saturated carbocycles. The molecule has 0 bridgehead atoms. The molecule has 2 aromatic carbocycles. The lowest BCUT2D eigenvalue weighted by Crippen LogP contribution is -2.47. The maximum Gasteiger partial charge on any atom is 0.264 e. The van der Waals surface area contributed by atoms with Crippen LogP contribution >= 0.6 is 0 Å². The molecule has 1 aliphatic carbocycles. The number of carbonyl (C=O) groups excluding carboxylic acids is 2. The van der Waals surface area contributed by atoms with Crippen LogP contribution in [-0.2, 0) is 9.47 Å². The average Bonchev–Trinajstić information content (AvgIpc) is 3.12. The van der Waals surface area contributed by atoms with Crippen molar-refractivity contribution in [2.45, 2.75) is 38.8 Å². The van der Waals surface area contributed by atoms with E-state index < -0.39 is 6.04 Å². The molecule has 5 rings (SSSR count). The van der Waals surface area contributed by atoms with Gasteiger partial charge in [-0.25, -0.2) is 0 Å². The van der Waals surface area contributed by atoms with Crippen molar-refractivity contribution >= 4 is 17.5 Å². The van der Waals surface area contributed by atoms with Crippen molar-refractivity contribution in [3.05, 3.63) is 101 Å². The normalized spacial score (nSPS) is 19.5. The van der Waals surface area contributed by atoms with E-state index in [1.165, 1.54) is 10.5 Å². The van der Waals surface area contributed by atoms with E-state index in [0.29, 0.717) is 41.5 Å². The molecule has 3 aliphatic rings. The van der Waals surface area contributed by atoms with Crippen LogP contribution in [0, 0.1) is 0 Å². The Balaban J connectivity index is 1.38. The molecule has 0 unspecified atom stereocenters. The van der Waals surface area contributed by atoms with Gasteiger partial charge in [0.15, 0.2) is 11.5 Å². The highest BCUT2D eigenvalue weighted by molar-refractivity contribution is 6.24. The lowest BCUT2D eigenvalue weighted by Gasteiger charge is -2.39. The number of imide groups is 1. The van der Waals surface area contributed by atoms with E-state index in [4.69, 9.17) is 9.47 Å². The zero-order valence-corrected chi connectivity index (χ0v) is 23.2. The third-order valence-corrected chi connectivity index (χ3v) is 8.13. The smallest absolute Gasteiger partial charge is 0.264 e. The molecular formula is C32H37N3O4. The number of benzene rings is 2. The van der Waals surface area contributed by atoms with Crippen LogP contribution in [0.4, 0.5) is 5.69 Å². The number of hydrogen-bond acceptors (Lipinski definition) is 6. The number of anilines is 1. The van der Waals surface area contributed by atoms with Crippen molar-refractivity contribution in [1.29, 1.82) is 0 Å². The molecule has 2 atom stereocenters. The Kier molecular flexibility index (Phi) is 7.89. The fourth-order valence-electron chi connectivity index (χ4n) is 5.95. The van der Waals surface area contributed by atoms with E-state index in [1.54, 1.807) is 20.3 Å². The molecule has 7 heteroatoms. The van der Waals surface area contributed by atoms with Crippen LogP contribution in [0.2, 0.25) is 0 Å². The minimum absolute atomic E-state index is 0.227. The Morgan fingerprint density at radius 2 is 1.56 bits per heavy atom. The second kappa shape index (κ2) is 11.5. The van der Waals surface area contributed by atoms with Gasteiger partial charge in [-0.05, 0) is 55.2 Å². The van der Waals surface area contributed by atoms with E-state index in [0.717, 1.165) is 37.4 Å². The molecule has 2 aromatic rings. The number of rotatable bonds is 8. The molecule has 7 nitrogen and oxygen atoms in total. The van der Waals surface area contributed by atoms with Crippen molar-refractivity contribution < 1.29 is 19.1 Å². The van der Waals surface area contributed by atoms with Gasteiger partial charge in [0, 0.05) is 32.2 Å². The summed E-state index contributed by atoms with van der Waals surface area (Å²) < 4.78 is 11.0. The Morgan fingerprint density at radius 1 is 0.846 bits per heavy atom. The molecule has 204 valence electrons. The Hall–Kier alpha value is -3.84. The monoisotopic (exact) mass is 527 g/mol. The lowest BCUT2D eigenvalue weighted by molar-refractivity contribution is 0.0606. The van der Waals surface area contributed by atoms with Crippen molar-refractivity contribution in [2.24, 2.45) is 0 Å². The highest BCUT2D eigenvalue weighted by Gasteiger charge is 2.43. The van der Waals surface area contributed by atoms with Gasteiger partial charge < -0.3 is 14.4 Å². The number of methoxy groups -OCH3 is 2. The fourth-order valence-corrected chi connectivity index (χ4v) is 5.95. The van der Waals surface area contributed by atoms with Gasteiger partial charge in [0.1, 0.15) is 0 Å². The predicted octanol–water partition coefficient (Wildman–Crippen LogP) is 5.34. The summed E-state index contributed by atoms with van der Waals surface area (Å²) >= 11 is 0. The summed E-state index contributed by atoms with van der Waals surface area (Å²) in [4.78, 5) is 33.9. The van der Waals surface area contributed by atoms with Crippen molar-refractivity contribution in [3.63, 3.8) is 0 Å². The van der Waals surface area contributed by atoms with Gasteiger partial charge in [0.2, 0.25) is 0 Å². The average molecular weight is 528 g/mol. The van der Waals surface area contributed by atoms with E-state index >= 15 is 0 Å². The maximum atomic E-state index is 14.0. The van der Waals surface area contributed by atoms with Gasteiger partial charge in [0.25, 0.3) is 11.8 Å². The Labute approximate surface area is 231 Å². The number of allylic oxidation sites excluding steroid dienone is 2. The van der Waals surface area contributed by atoms with Crippen LogP contribution in [0.15, 0.2) is 83.9 Å². The molecule has 0 aromatic heterocycles. The fraction of sp³-hybridized carbons (Fsp3) is 0.375. The first kappa shape index (κ1) is 26.8. The van der Waals surface area contributed by atoms with Crippen LogP contribution in [0.1, 0.15) is 59.0 Å². The van der Waals surface area contributed by atoms with Crippen molar-refractivity contribution in [2.75, 3.05) is 45.3 Å². The molecular weight excluding hydrogens is 490 g/mol. The van der Waals surface area contributed by atoms with Gasteiger partial charge in [0.05, 0.1) is 37.1 Å². The van der Waals surface area contributed by atoms with Gasteiger partial charge >= 0.3 is 0 Å². The van der Waals surface area contributed by atoms with Crippen LogP contribution in [0.25, 0.3) is 0 Å². The summed E-state index contributed by atoms with van der Waals surface area (Å²) in [6.45, 7) is 7.60. The molecule has 0 N–H and O–H groups in total. The summed E-state index contributed by atoms with van der Waals surface area (Å²) in [6, 6.07) is 16.1. The van der Waals surface area contributed by atoms with Gasteiger partial charge in [-0.2, -0.15) is 0 Å². The van der Waals surface area contributed by atoms with Crippen LogP contribution in [-0.4, -0.2) is 68.1 Å². The maximum absolute atomic E-state index is 14.0. The number of ether oxygens (including phenoxy) is 2. The topological polar surface area (TPSA) is 62.3 Å². The molecule has 39 heavy (non-hydrogen) atoms. The largest absolute Gasteiger partial charge is 0.493 e. The standard InChI is InChI=1S/C32H37N3O4/c1-5-26(24-13-9-16-28(38-3)29(21-24)39-4)35-31(36)25-14-10-15-27(30(25)32(35)37)34-19-17-33(18-20-34)22(2)23-11-7-6-8-12-23/h6-8,10-16,21-22,26H,5,9,17-20H2,1-4H3/t22-,26-/m1/s1. The van der Waals surface area contributed by atoms with E-state index in [1.807, 2.05) is 43.4 Å². The molecule has 1 fully saturated rings. The Morgan fingerprint density at radius 3 is 2.23 bits per heavy atom. The zero-order valence-electron chi connectivity index (χ0n) is 23.2. The van der Waals surface area contributed by atoms with Gasteiger partial charge in [-0.15, -0.1) is 0 Å². The third kappa shape index (κ3) is 4.99. The quantitative estimate of drug-likeness (QED) is 0.432. The van der Waals surface area contributed by atoms with Crippen LogP contribution in [0.5, 0.6) is 0 Å². The number of fused-ring (bicyclic) bond motifs is 1. The summed E-state index contributed by atoms with van der Waals surface area (Å²) in [5, 5.41) is 0. The number of hydrogen-bond donors (Lipinski definition) is 0. The number of piperazine rings is 1. The first-order chi connectivity index (χ1) is 19.0. The van der Waals surface area contributed by atoms with E-state index in [2.05, 4.69) is 41.0 Å². The zero-order chi connectivity index (χ0) is 27.5. The number of amides is 2. The summed E-state index contributed by atoms with van der Waals surface area (Å²) in [5.74, 6) is 0.760. The number of carbonyl (C=O) groups is 2. The second-order valence-corrected chi connectivity index (χ2v) is 10.1. The second-order valence-electron chi connectivity index (χ2n) is 10.1. The van der Waals surface area contributed by atoms with Gasteiger partial charge in [-0.3, -0.25) is 19.4 Å². The highest BCUT2D eigenvalue weighted by atomic mass is 16.5. The Bertz CT molecular complexity index is 1320. The van der Waals surface area contributed by atoms with E-state index in [-0.39, 0.29) is 11.8 Å². The lowest BCUT2D eigenvalue weighted by atomic mass is 10.0. The summed E-state index contributed by atoms with van der Waals surface area (Å²) in [6.07, 6.45) is 7.08. The first-order valence-electron chi connectivity index (χ1n) is 13.7. The molecule has 2 heterocycles.